The molecule has 1 atom stereocenters. The summed E-state index contributed by atoms with van der Waals surface area (Å²) < 4.78 is 23.3. The van der Waals surface area contributed by atoms with E-state index in [1.165, 1.54) is 25.0 Å². The summed E-state index contributed by atoms with van der Waals surface area (Å²) in [6, 6.07) is 7.90. The van der Waals surface area contributed by atoms with E-state index in [9.17, 15) is 14.3 Å². The van der Waals surface area contributed by atoms with E-state index in [0.29, 0.717) is 17.1 Å². The minimum Gasteiger partial charge on any atom is -0.491 e. The first-order valence-corrected chi connectivity index (χ1v) is 12.2. The molecule has 0 spiro atoms. The largest absolute Gasteiger partial charge is 0.491 e. The van der Waals surface area contributed by atoms with Gasteiger partial charge < -0.3 is 19.7 Å². The Morgan fingerprint density at radius 3 is 2.56 bits per heavy atom. The van der Waals surface area contributed by atoms with Crippen LogP contribution in [0.5, 0.6) is 11.5 Å². The standard InChI is InChI=1S/C24H29N2O5P/c1-6-8-9-18(7-2)16-30-20-12-19(13-21(14-20)31-17(3)4)24(27)26-23-11-10-22(15-25-23)32(5,28)29/h6-15,17H,2,16H2,1,3-5H3,(H,28,29)(H,25,26,27)/b8-6-,18-9+. The van der Waals surface area contributed by atoms with Crippen LogP contribution in [0.2, 0.25) is 0 Å². The molecule has 2 rings (SSSR count). The fourth-order valence-corrected chi connectivity index (χ4v) is 3.20. The number of benzene rings is 1. The molecule has 32 heavy (non-hydrogen) atoms. The Balaban J connectivity index is 2.24. The van der Waals surface area contributed by atoms with Gasteiger partial charge in [-0.2, -0.15) is 0 Å². The Morgan fingerprint density at radius 1 is 1.28 bits per heavy atom. The maximum atomic E-state index is 12.8. The summed E-state index contributed by atoms with van der Waals surface area (Å²) >= 11 is 0. The SMILES string of the molecule is C=C/C(=C\C=C/C)COc1cc(OC(C)C)cc(C(=O)Nc2ccc(P(C)(=O)O)cn2)c1. The first-order valence-electron chi connectivity index (χ1n) is 10.1. The van der Waals surface area contributed by atoms with E-state index >= 15 is 0 Å². The Kier molecular flexibility index (Phi) is 9.00. The van der Waals surface area contributed by atoms with Crippen molar-refractivity contribution in [3.63, 3.8) is 0 Å². The Hall–Kier alpha value is -3.15. The molecule has 1 aromatic carbocycles. The van der Waals surface area contributed by atoms with Gasteiger partial charge >= 0.3 is 0 Å². The van der Waals surface area contributed by atoms with Crippen molar-refractivity contribution < 1.29 is 23.7 Å². The maximum absolute atomic E-state index is 12.8. The van der Waals surface area contributed by atoms with Gasteiger partial charge in [-0.15, -0.1) is 0 Å². The monoisotopic (exact) mass is 456 g/mol. The molecule has 2 N–H and O–H groups in total. The van der Waals surface area contributed by atoms with Crippen LogP contribution in [0, 0.1) is 0 Å². The zero-order valence-electron chi connectivity index (χ0n) is 18.7. The van der Waals surface area contributed by atoms with Gasteiger partial charge in [0.15, 0.2) is 0 Å². The number of hydrogen-bond donors (Lipinski definition) is 2. The Bertz CT molecular complexity index is 1050. The number of pyridine rings is 1. The molecule has 0 aliphatic carbocycles. The summed E-state index contributed by atoms with van der Waals surface area (Å²) in [6.07, 6.45) is 8.59. The molecule has 1 unspecified atom stereocenters. The molecule has 0 saturated carbocycles. The fourth-order valence-electron chi connectivity index (χ4n) is 2.58. The lowest BCUT2D eigenvalue weighted by atomic mass is 10.1. The van der Waals surface area contributed by atoms with Gasteiger partial charge in [-0.05, 0) is 50.6 Å². The predicted molar refractivity (Wildman–Crippen MR) is 128 cm³/mol. The first kappa shape index (κ1) is 25.1. The number of nitrogens with zero attached hydrogens (tertiary/aromatic N) is 1. The number of ether oxygens (including phenoxy) is 2. The van der Waals surface area contributed by atoms with E-state index < -0.39 is 13.3 Å². The second-order valence-corrected chi connectivity index (χ2v) is 9.63. The van der Waals surface area contributed by atoms with Crippen LogP contribution in [0.3, 0.4) is 0 Å². The van der Waals surface area contributed by atoms with Crippen LogP contribution in [-0.4, -0.2) is 35.2 Å². The molecule has 1 heterocycles. The van der Waals surface area contributed by atoms with Gasteiger partial charge in [0.25, 0.3) is 5.91 Å². The average Bonchev–Trinajstić information content (AvgIpc) is 2.73. The highest BCUT2D eigenvalue weighted by molar-refractivity contribution is 7.65. The van der Waals surface area contributed by atoms with E-state index in [2.05, 4.69) is 16.9 Å². The number of allylic oxidation sites excluding steroid dienone is 3. The number of amides is 1. The number of anilines is 1. The molecule has 0 bridgehead atoms. The molecule has 7 nitrogen and oxygen atoms in total. The van der Waals surface area contributed by atoms with Crippen molar-refractivity contribution in [1.82, 2.24) is 4.98 Å². The minimum absolute atomic E-state index is 0.0862. The van der Waals surface area contributed by atoms with Crippen molar-refractivity contribution >= 4 is 24.4 Å². The molecule has 0 saturated heterocycles. The van der Waals surface area contributed by atoms with Crippen molar-refractivity contribution in [2.75, 3.05) is 18.6 Å². The number of carbonyl (C=O) groups is 1. The lowest BCUT2D eigenvalue weighted by Gasteiger charge is -2.14. The third kappa shape index (κ3) is 7.84. The Morgan fingerprint density at radius 2 is 2.00 bits per heavy atom. The molecule has 1 amide bonds. The van der Waals surface area contributed by atoms with Gasteiger partial charge in [0.05, 0.1) is 11.4 Å². The van der Waals surface area contributed by atoms with Crippen LogP contribution in [0.1, 0.15) is 31.1 Å². The van der Waals surface area contributed by atoms with Crippen LogP contribution in [-0.2, 0) is 4.57 Å². The predicted octanol–water partition coefficient (Wildman–Crippen LogP) is 4.71. The van der Waals surface area contributed by atoms with Crippen LogP contribution in [0.25, 0.3) is 0 Å². The van der Waals surface area contributed by atoms with Gasteiger partial charge in [0.2, 0.25) is 7.37 Å². The zero-order valence-corrected chi connectivity index (χ0v) is 19.6. The van der Waals surface area contributed by atoms with Gasteiger partial charge in [-0.3, -0.25) is 9.36 Å². The van der Waals surface area contributed by atoms with Crippen LogP contribution >= 0.6 is 7.37 Å². The van der Waals surface area contributed by atoms with Gasteiger partial charge in [0, 0.05) is 24.5 Å². The molecular formula is C24H29N2O5P. The molecule has 170 valence electrons. The third-order valence-corrected chi connectivity index (χ3v) is 5.38. The van der Waals surface area contributed by atoms with Gasteiger partial charge in [-0.25, -0.2) is 4.98 Å². The van der Waals surface area contributed by atoms with E-state index in [4.69, 9.17) is 9.47 Å². The van der Waals surface area contributed by atoms with E-state index in [1.54, 1.807) is 24.3 Å². The zero-order chi connectivity index (χ0) is 23.7. The molecule has 0 aliphatic heterocycles. The lowest BCUT2D eigenvalue weighted by molar-refractivity contribution is 0.102. The highest BCUT2D eigenvalue weighted by Crippen LogP contribution is 2.33. The summed E-state index contributed by atoms with van der Waals surface area (Å²) in [7, 11) is -3.41. The van der Waals surface area contributed by atoms with E-state index in [-0.39, 0.29) is 23.8 Å². The summed E-state index contributed by atoms with van der Waals surface area (Å²) in [6.45, 7) is 11.0. The van der Waals surface area contributed by atoms with E-state index in [0.717, 1.165) is 5.57 Å². The van der Waals surface area contributed by atoms with Crippen LogP contribution < -0.4 is 20.1 Å². The summed E-state index contributed by atoms with van der Waals surface area (Å²) in [5, 5.41) is 2.89. The van der Waals surface area contributed by atoms with Gasteiger partial charge in [0.1, 0.15) is 23.9 Å². The number of carbonyl (C=O) groups excluding carboxylic acids is 1. The van der Waals surface area contributed by atoms with Crippen molar-refractivity contribution in [3.05, 3.63) is 78.5 Å². The van der Waals surface area contributed by atoms with Crippen molar-refractivity contribution in [3.8, 4) is 11.5 Å². The minimum atomic E-state index is -3.41. The number of hydrogen-bond acceptors (Lipinski definition) is 5. The average molecular weight is 456 g/mol. The Labute approximate surface area is 188 Å². The molecule has 0 aliphatic rings. The molecular weight excluding hydrogens is 427 g/mol. The smallest absolute Gasteiger partial charge is 0.257 e. The van der Waals surface area contributed by atoms with E-state index in [1.807, 2.05) is 39.0 Å². The highest BCUT2D eigenvalue weighted by atomic mass is 31.2. The first-order chi connectivity index (χ1) is 15.1. The molecule has 1 aromatic heterocycles. The number of rotatable bonds is 10. The summed E-state index contributed by atoms with van der Waals surface area (Å²) in [4.78, 5) is 26.5. The topological polar surface area (TPSA) is 97.8 Å². The van der Waals surface area contributed by atoms with Crippen LogP contribution in [0.15, 0.2) is 73.0 Å². The van der Waals surface area contributed by atoms with Crippen molar-refractivity contribution in [2.45, 2.75) is 26.9 Å². The summed E-state index contributed by atoms with van der Waals surface area (Å²) in [5.41, 5.74) is 1.20. The number of nitrogens with one attached hydrogen (secondary N) is 1. The van der Waals surface area contributed by atoms with Gasteiger partial charge in [-0.1, -0.05) is 30.9 Å². The van der Waals surface area contributed by atoms with Crippen molar-refractivity contribution in [2.24, 2.45) is 0 Å². The van der Waals surface area contributed by atoms with Crippen molar-refractivity contribution in [1.29, 1.82) is 0 Å². The molecule has 0 fully saturated rings. The quantitative estimate of drug-likeness (QED) is 0.397. The second kappa shape index (κ2) is 11.5. The molecule has 0 radical (unpaired) electrons. The molecule has 8 heteroatoms. The van der Waals surface area contributed by atoms with Crippen LogP contribution in [0.4, 0.5) is 5.82 Å². The summed E-state index contributed by atoms with van der Waals surface area (Å²) in [5.74, 6) is 0.808. The highest BCUT2D eigenvalue weighted by Gasteiger charge is 2.16. The fraction of sp³-hybridized carbons (Fsp3) is 0.250. The third-order valence-electron chi connectivity index (χ3n) is 4.15. The lowest BCUT2D eigenvalue weighted by Crippen LogP contribution is -2.15. The number of aromatic nitrogens is 1. The second-order valence-electron chi connectivity index (χ2n) is 7.35. The normalized spacial score (nSPS) is 13.6. The molecule has 2 aromatic rings. The maximum Gasteiger partial charge on any atom is 0.257 e.